The summed E-state index contributed by atoms with van der Waals surface area (Å²) in [5.41, 5.74) is 0.327. The van der Waals surface area contributed by atoms with Crippen LogP contribution >= 0.6 is 15.9 Å². The normalized spacial score (nSPS) is 14.6. The molecule has 0 aliphatic carbocycles. The van der Waals surface area contributed by atoms with Gasteiger partial charge >= 0.3 is 0 Å². The monoisotopic (exact) mass is 446 g/mol. The van der Waals surface area contributed by atoms with Gasteiger partial charge in [-0.3, -0.25) is 0 Å². The molecule has 0 N–H and O–H groups in total. The molecule has 0 spiro atoms. The lowest BCUT2D eigenvalue weighted by atomic mass is 10.0. The van der Waals surface area contributed by atoms with Crippen molar-refractivity contribution in [3.63, 3.8) is 0 Å². The fraction of sp³-hybridized carbons (Fsp3) is 0.579. The van der Waals surface area contributed by atoms with Gasteiger partial charge in [-0.1, -0.05) is 0 Å². The molecule has 8 heteroatoms. The number of benzene rings is 1. The van der Waals surface area contributed by atoms with Crippen LogP contribution in [0.4, 0.5) is 0 Å². The van der Waals surface area contributed by atoms with E-state index in [0.717, 1.165) is 10.0 Å². The second-order valence-corrected chi connectivity index (χ2v) is 7.15. The lowest BCUT2D eigenvalue weighted by Crippen LogP contribution is -2.28. The molecule has 0 unspecified atom stereocenters. The van der Waals surface area contributed by atoms with Gasteiger partial charge in [0.15, 0.2) is 25.1 Å². The fourth-order valence-electron chi connectivity index (χ4n) is 2.31. The number of rotatable bonds is 12. The Morgan fingerprint density at radius 2 is 1.59 bits per heavy atom. The van der Waals surface area contributed by atoms with Crippen LogP contribution in [0.1, 0.15) is 19.4 Å². The molecule has 0 atom stereocenters. The molecule has 0 saturated heterocycles. The van der Waals surface area contributed by atoms with Crippen molar-refractivity contribution < 1.29 is 33.2 Å². The van der Waals surface area contributed by atoms with Crippen molar-refractivity contribution in [2.24, 2.45) is 0 Å². The summed E-state index contributed by atoms with van der Waals surface area (Å²) >= 11 is 3.54. The predicted octanol–water partition coefficient (Wildman–Crippen LogP) is 3.63. The number of hydrogen-bond acceptors (Lipinski definition) is 7. The average molecular weight is 447 g/mol. The highest BCUT2D eigenvalue weighted by Crippen LogP contribution is 2.47. The summed E-state index contributed by atoms with van der Waals surface area (Å²) in [6.45, 7) is 6.07. The highest BCUT2D eigenvalue weighted by molar-refractivity contribution is 9.10. The SMILES string of the molecule is COCCOCOc1cc(Br)c(OCOCCOC)c2c1OC(C)(C)C=C2. The summed E-state index contributed by atoms with van der Waals surface area (Å²) in [5.74, 6) is 1.80. The third kappa shape index (κ3) is 6.65. The largest absolute Gasteiger partial charge is 0.479 e. The second kappa shape index (κ2) is 10.9. The molecule has 27 heavy (non-hydrogen) atoms. The lowest BCUT2D eigenvalue weighted by molar-refractivity contribution is -0.0125. The molecule has 1 aliphatic heterocycles. The van der Waals surface area contributed by atoms with Crippen LogP contribution in [-0.4, -0.2) is 59.8 Å². The summed E-state index contributed by atoms with van der Waals surface area (Å²) in [6.07, 6.45) is 3.94. The Morgan fingerprint density at radius 3 is 2.22 bits per heavy atom. The number of halogens is 1. The number of methoxy groups -OCH3 is 2. The Kier molecular flexibility index (Phi) is 8.85. The molecule has 7 nitrogen and oxygen atoms in total. The molecule has 1 aromatic rings. The minimum atomic E-state index is -0.456. The molecule has 1 aliphatic rings. The van der Waals surface area contributed by atoms with Crippen LogP contribution in [0.25, 0.3) is 6.08 Å². The topological polar surface area (TPSA) is 64.6 Å². The van der Waals surface area contributed by atoms with Crippen LogP contribution in [0.5, 0.6) is 17.2 Å². The Morgan fingerprint density at radius 1 is 0.963 bits per heavy atom. The first-order chi connectivity index (χ1) is 13.0. The van der Waals surface area contributed by atoms with Gasteiger partial charge in [-0.15, -0.1) is 0 Å². The van der Waals surface area contributed by atoms with Gasteiger partial charge in [0.2, 0.25) is 0 Å². The van der Waals surface area contributed by atoms with Crippen molar-refractivity contribution >= 4 is 22.0 Å². The standard InChI is InChI=1S/C19H27BrO7/c1-19(2)6-5-14-17(26-13-24-10-8-22-4)15(20)11-16(18(14)27-19)25-12-23-9-7-21-3/h5-6,11H,7-10,12-13H2,1-4H3. The van der Waals surface area contributed by atoms with E-state index in [9.17, 15) is 0 Å². The van der Waals surface area contributed by atoms with Gasteiger partial charge in [0.1, 0.15) is 11.4 Å². The highest BCUT2D eigenvalue weighted by atomic mass is 79.9. The van der Waals surface area contributed by atoms with Gasteiger partial charge in [0.05, 0.1) is 36.5 Å². The van der Waals surface area contributed by atoms with Gasteiger partial charge in [-0.25, -0.2) is 0 Å². The third-order valence-corrected chi connectivity index (χ3v) is 4.24. The Hall–Kier alpha value is -1.32. The first kappa shape index (κ1) is 22.0. The molecule has 1 heterocycles. The van der Waals surface area contributed by atoms with Crippen LogP contribution in [0, 0.1) is 0 Å². The van der Waals surface area contributed by atoms with Crippen molar-refractivity contribution in [2.45, 2.75) is 19.4 Å². The van der Waals surface area contributed by atoms with Crippen LogP contribution in [0.15, 0.2) is 16.6 Å². The van der Waals surface area contributed by atoms with Gasteiger partial charge in [-0.05, 0) is 41.9 Å². The zero-order valence-corrected chi connectivity index (χ0v) is 17.8. The fourth-order valence-corrected chi connectivity index (χ4v) is 2.85. The smallest absolute Gasteiger partial charge is 0.189 e. The van der Waals surface area contributed by atoms with Crippen LogP contribution in [0.3, 0.4) is 0 Å². The summed E-state index contributed by atoms with van der Waals surface area (Å²) in [6, 6.07) is 1.80. The van der Waals surface area contributed by atoms with Crippen molar-refractivity contribution in [2.75, 3.05) is 54.2 Å². The molecule has 0 fully saturated rings. The van der Waals surface area contributed by atoms with Gasteiger partial charge in [0, 0.05) is 20.3 Å². The zero-order chi connectivity index (χ0) is 19.7. The molecule has 152 valence electrons. The van der Waals surface area contributed by atoms with Crippen molar-refractivity contribution in [1.82, 2.24) is 0 Å². The van der Waals surface area contributed by atoms with E-state index in [1.165, 1.54) is 0 Å². The minimum absolute atomic E-state index is 0.0933. The van der Waals surface area contributed by atoms with E-state index in [1.807, 2.05) is 26.0 Å². The molecule has 0 bridgehead atoms. The molecule has 0 saturated carbocycles. The highest BCUT2D eigenvalue weighted by Gasteiger charge is 2.29. The van der Waals surface area contributed by atoms with Gasteiger partial charge in [0.25, 0.3) is 0 Å². The maximum atomic E-state index is 6.12. The molecule has 2 rings (SSSR count). The maximum Gasteiger partial charge on any atom is 0.189 e. The van der Waals surface area contributed by atoms with E-state index in [2.05, 4.69) is 15.9 Å². The van der Waals surface area contributed by atoms with E-state index in [4.69, 9.17) is 33.2 Å². The summed E-state index contributed by atoms with van der Waals surface area (Å²) in [4.78, 5) is 0. The molecule has 0 amide bonds. The van der Waals surface area contributed by atoms with E-state index in [0.29, 0.717) is 43.7 Å². The van der Waals surface area contributed by atoms with E-state index >= 15 is 0 Å². The first-order valence-corrected chi connectivity index (χ1v) is 9.41. The zero-order valence-electron chi connectivity index (χ0n) is 16.2. The minimum Gasteiger partial charge on any atom is -0.479 e. The van der Waals surface area contributed by atoms with Crippen molar-refractivity contribution in [3.8, 4) is 17.2 Å². The predicted molar refractivity (Wildman–Crippen MR) is 105 cm³/mol. The lowest BCUT2D eigenvalue weighted by Gasteiger charge is -2.30. The van der Waals surface area contributed by atoms with Crippen molar-refractivity contribution in [1.29, 1.82) is 0 Å². The first-order valence-electron chi connectivity index (χ1n) is 8.62. The third-order valence-electron chi connectivity index (χ3n) is 3.65. The van der Waals surface area contributed by atoms with E-state index < -0.39 is 5.60 Å². The molecule has 0 radical (unpaired) electrons. The number of ether oxygens (including phenoxy) is 7. The van der Waals surface area contributed by atoms with Crippen molar-refractivity contribution in [3.05, 3.63) is 22.2 Å². The molecular formula is C19H27BrO7. The van der Waals surface area contributed by atoms with Gasteiger partial charge < -0.3 is 33.2 Å². The quantitative estimate of drug-likeness (QED) is 0.358. The summed E-state index contributed by atoms with van der Waals surface area (Å²) in [5, 5.41) is 0. The maximum absolute atomic E-state index is 6.12. The van der Waals surface area contributed by atoms with Crippen LogP contribution < -0.4 is 14.2 Å². The Labute approximate surface area is 168 Å². The molecule has 0 aromatic heterocycles. The van der Waals surface area contributed by atoms with E-state index in [1.54, 1.807) is 20.3 Å². The molecular weight excluding hydrogens is 420 g/mol. The van der Waals surface area contributed by atoms with Gasteiger partial charge in [-0.2, -0.15) is 0 Å². The average Bonchev–Trinajstić information content (AvgIpc) is 2.63. The summed E-state index contributed by atoms with van der Waals surface area (Å²) < 4.78 is 39.1. The second-order valence-electron chi connectivity index (χ2n) is 6.29. The number of hydrogen-bond donors (Lipinski definition) is 0. The number of fused-ring (bicyclic) bond motifs is 1. The van der Waals surface area contributed by atoms with Crippen LogP contribution in [-0.2, 0) is 18.9 Å². The Bertz CT molecular complexity index is 631. The molecule has 1 aromatic carbocycles. The Balaban J connectivity index is 2.14. The summed E-state index contributed by atoms with van der Waals surface area (Å²) in [7, 11) is 3.25. The van der Waals surface area contributed by atoms with E-state index in [-0.39, 0.29) is 13.6 Å². The van der Waals surface area contributed by atoms with Crippen LogP contribution in [0.2, 0.25) is 0 Å².